The highest BCUT2D eigenvalue weighted by Crippen LogP contribution is 2.30. The third-order valence-electron chi connectivity index (χ3n) is 3.06. The molecule has 0 fully saturated rings. The molecule has 2 unspecified atom stereocenters. The van der Waals surface area contributed by atoms with Crippen molar-refractivity contribution in [3.63, 3.8) is 0 Å². The topological polar surface area (TPSA) is 26.3 Å². The van der Waals surface area contributed by atoms with Crippen molar-refractivity contribution in [1.82, 2.24) is 0 Å². The highest BCUT2D eigenvalue weighted by atomic mass is 32.1. The maximum Gasteiger partial charge on any atom is 0.321 e. The Morgan fingerprint density at radius 3 is 2.33 bits per heavy atom. The minimum absolute atomic E-state index is 0.352. The molecule has 0 spiro atoms. The van der Waals surface area contributed by atoms with Crippen LogP contribution in [0.3, 0.4) is 0 Å². The monoisotopic (exact) mass is 286 g/mol. The van der Waals surface area contributed by atoms with Crippen LogP contribution >= 0.6 is 12.6 Å². The predicted octanol–water partition coefficient (Wildman–Crippen LogP) is 4.00. The molecule has 0 N–H and O–H groups in total. The molecule has 0 aromatic rings. The van der Waals surface area contributed by atoms with Crippen molar-refractivity contribution in [2.24, 2.45) is 5.41 Å². The first kappa shape index (κ1) is 17.6. The Kier molecular flexibility index (Phi) is 7.10. The molecule has 0 heterocycles. The van der Waals surface area contributed by atoms with Gasteiger partial charge in [-0.3, -0.25) is 4.79 Å². The quantitative estimate of drug-likeness (QED) is 0.539. The van der Waals surface area contributed by atoms with Crippen LogP contribution in [0, 0.1) is 5.41 Å². The molecule has 0 saturated heterocycles. The van der Waals surface area contributed by atoms with Crippen LogP contribution in [0.1, 0.15) is 46.5 Å². The zero-order valence-corrected chi connectivity index (χ0v) is 11.9. The van der Waals surface area contributed by atoms with Crippen LogP contribution in [0.15, 0.2) is 0 Å². The molecule has 2 atom stereocenters. The fourth-order valence-electron chi connectivity index (χ4n) is 1.58. The Hall–Kier alpha value is -0.390. The number of ether oxygens (including phenoxy) is 1. The standard InChI is InChI=1S/C12H21F3O2S/c1-4-7-11(3,5-2)10(16)17-8-6-9(13)12(14,15)18/h9,18H,4-8H2,1-3H3. The van der Waals surface area contributed by atoms with E-state index in [1.807, 2.05) is 13.8 Å². The summed E-state index contributed by atoms with van der Waals surface area (Å²) in [6, 6.07) is 0. The fourth-order valence-corrected chi connectivity index (χ4v) is 1.71. The van der Waals surface area contributed by atoms with Gasteiger partial charge in [-0.25, -0.2) is 4.39 Å². The van der Waals surface area contributed by atoms with E-state index >= 15 is 0 Å². The van der Waals surface area contributed by atoms with Crippen molar-refractivity contribution in [3.8, 4) is 0 Å². The molecule has 0 aromatic heterocycles. The molecule has 108 valence electrons. The molecular formula is C12H21F3O2S. The maximum absolute atomic E-state index is 12.9. The SMILES string of the molecule is CCCC(C)(CC)C(=O)OCCC(F)C(F)(F)S. The van der Waals surface area contributed by atoms with Crippen molar-refractivity contribution in [3.05, 3.63) is 0 Å². The molecule has 6 heteroatoms. The van der Waals surface area contributed by atoms with Gasteiger partial charge in [0.2, 0.25) is 0 Å². The molecule has 0 aliphatic rings. The summed E-state index contributed by atoms with van der Waals surface area (Å²) in [4.78, 5) is 11.8. The average molecular weight is 286 g/mol. The normalized spacial score (nSPS) is 17.1. The highest BCUT2D eigenvalue weighted by molar-refractivity contribution is 7.81. The second-order valence-corrected chi connectivity index (χ2v) is 5.24. The van der Waals surface area contributed by atoms with Crippen LogP contribution in [0.2, 0.25) is 0 Å². The lowest BCUT2D eigenvalue weighted by molar-refractivity contribution is -0.156. The number of alkyl halides is 3. The summed E-state index contributed by atoms with van der Waals surface area (Å²) < 4.78 is 42.6. The van der Waals surface area contributed by atoms with Crippen LogP contribution in [0.5, 0.6) is 0 Å². The fraction of sp³-hybridized carbons (Fsp3) is 0.917. The van der Waals surface area contributed by atoms with Crippen LogP contribution in [0.4, 0.5) is 13.2 Å². The van der Waals surface area contributed by atoms with E-state index in [1.54, 1.807) is 6.92 Å². The van der Waals surface area contributed by atoms with Crippen LogP contribution in [0.25, 0.3) is 0 Å². The number of esters is 1. The summed E-state index contributed by atoms with van der Waals surface area (Å²) in [5, 5.41) is -3.69. The van der Waals surface area contributed by atoms with Gasteiger partial charge in [-0.2, -0.15) is 8.78 Å². The molecule has 18 heavy (non-hydrogen) atoms. The summed E-state index contributed by atoms with van der Waals surface area (Å²) in [6.45, 7) is 5.21. The van der Waals surface area contributed by atoms with Gasteiger partial charge < -0.3 is 4.74 Å². The summed E-state index contributed by atoms with van der Waals surface area (Å²) in [5.74, 6) is -0.457. The molecule has 2 nitrogen and oxygen atoms in total. The van der Waals surface area contributed by atoms with E-state index in [1.165, 1.54) is 0 Å². The molecule has 0 aromatic carbocycles. The molecule has 0 bridgehead atoms. The summed E-state index contributed by atoms with van der Waals surface area (Å²) in [6.07, 6.45) is -0.882. The first-order valence-electron chi connectivity index (χ1n) is 6.08. The van der Waals surface area contributed by atoms with Crippen molar-refractivity contribution >= 4 is 18.6 Å². The van der Waals surface area contributed by atoms with E-state index in [9.17, 15) is 18.0 Å². The van der Waals surface area contributed by atoms with Gasteiger partial charge >= 0.3 is 11.2 Å². The number of rotatable bonds is 8. The van der Waals surface area contributed by atoms with Gasteiger partial charge in [0, 0.05) is 6.42 Å². The number of halogens is 3. The van der Waals surface area contributed by atoms with E-state index in [2.05, 4.69) is 12.6 Å². The minimum atomic E-state index is -3.69. The van der Waals surface area contributed by atoms with Crippen molar-refractivity contribution in [1.29, 1.82) is 0 Å². The molecule has 0 amide bonds. The van der Waals surface area contributed by atoms with Gasteiger partial charge in [0.15, 0.2) is 6.17 Å². The van der Waals surface area contributed by atoms with E-state index in [-0.39, 0.29) is 6.61 Å². The summed E-state index contributed by atoms with van der Waals surface area (Å²) >= 11 is 2.83. The predicted molar refractivity (Wildman–Crippen MR) is 67.7 cm³/mol. The molecular weight excluding hydrogens is 265 g/mol. The lowest BCUT2D eigenvalue weighted by Crippen LogP contribution is -2.31. The van der Waals surface area contributed by atoms with Crippen LogP contribution < -0.4 is 0 Å². The molecule has 0 radical (unpaired) electrons. The number of hydrogen-bond acceptors (Lipinski definition) is 3. The zero-order chi connectivity index (χ0) is 14.4. The van der Waals surface area contributed by atoms with Crippen molar-refractivity contribution in [2.45, 2.75) is 57.9 Å². The number of hydrogen-bond donors (Lipinski definition) is 1. The summed E-state index contributed by atoms with van der Waals surface area (Å²) in [7, 11) is 0. The lowest BCUT2D eigenvalue weighted by atomic mass is 9.83. The minimum Gasteiger partial charge on any atom is -0.465 e. The van der Waals surface area contributed by atoms with Gasteiger partial charge in [-0.1, -0.05) is 20.3 Å². The maximum atomic E-state index is 12.9. The van der Waals surface area contributed by atoms with E-state index in [0.29, 0.717) is 12.8 Å². The zero-order valence-electron chi connectivity index (χ0n) is 11.0. The number of thiol groups is 1. The molecule has 0 aliphatic carbocycles. The molecule has 0 rings (SSSR count). The second-order valence-electron chi connectivity index (χ2n) is 4.64. The highest BCUT2D eigenvalue weighted by Gasteiger charge is 2.36. The number of carbonyl (C=O) groups is 1. The lowest BCUT2D eigenvalue weighted by Gasteiger charge is -2.25. The number of carbonyl (C=O) groups excluding carboxylic acids is 1. The van der Waals surface area contributed by atoms with E-state index in [0.717, 1.165) is 6.42 Å². The largest absolute Gasteiger partial charge is 0.465 e. The van der Waals surface area contributed by atoms with Gasteiger partial charge in [0.1, 0.15) is 0 Å². The van der Waals surface area contributed by atoms with Crippen LogP contribution in [-0.2, 0) is 9.53 Å². The Balaban J connectivity index is 4.18. The first-order valence-corrected chi connectivity index (χ1v) is 6.53. The Labute approximate surface area is 112 Å². The Morgan fingerprint density at radius 1 is 1.39 bits per heavy atom. The smallest absolute Gasteiger partial charge is 0.321 e. The first-order chi connectivity index (χ1) is 8.17. The van der Waals surface area contributed by atoms with Gasteiger partial charge in [0.25, 0.3) is 0 Å². The van der Waals surface area contributed by atoms with Crippen molar-refractivity contribution in [2.75, 3.05) is 6.61 Å². The van der Waals surface area contributed by atoms with E-state index < -0.39 is 29.2 Å². The Morgan fingerprint density at radius 2 is 1.94 bits per heavy atom. The van der Waals surface area contributed by atoms with Crippen molar-refractivity contribution < 1.29 is 22.7 Å². The van der Waals surface area contributed by atoms with E-state index in [4.69, 9.17) is 4.74 Å². The molecule has 0 aliphatic heterocycles. The van der Waals surface area contributed by atoms with Gasteiger partial charge in [-0.15, -0.1) is 12.6 Å². The summed E-state index contributed by atoms with van der Waals surface area (Å²) in [5.41, 5.74) is -0.621. The Bertz CT molecular complexity index is 269. The van der Waals surface area contributed by atoms with Gasteiger partial charge in [-0.05, 0) is 19.8 Å². The second kappa shape index (κ2) is 7.26. The third kappa shape index (κ3) is 5.50. The third-order valence-corrected chi connectivity index (χ3v) is 3.34. The van der Waals surface area contributed by atoms with Gasteiger partial charge in [0.05, 0.1) is 12.0 Å². The average Bonchev–Trinajstić information content (AvgIpc) is 2.27. The molecule has 0 saturated carbocycles. The van der Waals surface area contributed by atoms with Crippen LogP contribution in [-0.4, -0.2) is 24.0 Å².